The van der Waals surface area contributed by atoms with Crippen LogP contribution in [-0.2, 0) is 0 Å². The number of benzene rings is 2. The predicted octanol–water partition coefficient (Wildman–Crippen LogP) is 3.04. The maximum Gasteiger partial charge on any atom is 0.286 e. The minimum atomic E-state index is -0.309. The van der Waals surface area contributed by atoms with Crippen molar-refractivity contribution in [2.24, 2.45) is 0 Å². The summed E-state index contributed by atoms with van der Waals surface area (Å²) >= 11 is 1.06. The highest BCUT2D eigenvalue weighted by molar-refractivity contribution is 7.16. The Labute approximate surface area is 125 Å². The van der Waals surface area contributed by atoms with Gasteiger partial charge >= 0.3 is 0 Å². The lowest BCUT2D eigenvalue weighted by Crippen LogP contribution is -2.11. The highest BCUT2D eigenvalue weighted by Gasteiger charge is 2.11. The molecule has 0 radical (unpaired) electrons. The number of nitrogens with one attached hydrogen (secondary N) is 1. The maximum absolute atomic E-state index is 11.9. The molecule has 1 heterocycles. The summed E-state index contributed by atoms with van der Waals surface area (Å²) in [5, 5.41) is 10.6. The van der Waals surface area contributed by atoms with E-state index in [0.717, 1.165) is 22.5 Å². The largest absolute Gasteiger partial charge is 0.374 e. The second kappa shape index (κ2) is 5.72. The zero-order valence-electron chi connectivity index (χ0n) is 11.0. The molecule has 5 nitrogen and oxygen atoms in total. The number of nitrogens with zero attached hydrogens (tertiary/aromatic N) is 2. The van der Waals surface area contributed by atoms with Gasteiger partial charge in [0.15, 0.2) is 0 Å². The van der Waals surface area contributed by atoms with Crippen LogP contribution >= 0.6 is 11.3 Å². The highest BCUT2D eigenvalue weighted by atomic mass is 32.1. The van der Waals surface area contributed by atoms with Gasteiger partial charge in [-0.1, -0.05) is 53.8 Å². The minimum Gasteiger partial charge on any atom is -0.374 e. The fourth-order valence-electron chi connectivity index (χ4n) is 1.89. The maximum atomic E-state index is 11.9. The van der Waals surface area contributed by atoms with E-state index >= 15 is 0 Å². The van der Waals surface area contributed by atoms with Gasteiger partial charge in [-0.2, -0.15) is 0 Å². The number of anilines is 2. The molecule has 0 aliphatic rings. The molecule has 1 amide bonds. The van der Waals surface area contributed by atoms with Crippen LogP contribution in [0.15, 0.2) is 54.6 Å². The molecule has 0 bridgehead atoms. The van der Waals surface area contributed by atoms with E-state index in [1.165, 1.54) is 0 Å². The summed E-state index contributed by atoms with van der Waals surface area (Å²) in [4.78, 5) is 11.9. The van der Waals surface area contributed by atoms with E-state index in [1.54, 1.807) is 0 Å². The van der Waals surface area contributed by atoms with Crippen LogP contribution in [0.4, 0.5) is 10.8 Å². The van der Waals surface area contributed by atoms with Crippen molar-refractivity contribution in [3.05, 3.63) is 59.6 Å². The molecule has 3 rings (SSSR count). The van der Waals surface area contributed by atoms with E-state index in [9.17, 15) is 4.79 Å². The first kappa shape index (κ1) is 13.3. The first-order valence-electron chi connectivity index (χ1n) is 6.28. The van der Waals surface area contributed by atoms with Crippen LogP contribution in [0.1, 0.15) is 9.80 Å². The molecule has 6 heteroatoms. The molecule has 21 heavy (non-hydrogen) atoms. The SMILES string of the molecule is Nc1nnc(C(=O)Nc2ccc(-c3ccccc3)cc2)s1. The first-order chi connectivity index (χ1) is 10.2. The van der Waals surface area contributed by atoms with Crippen LogP contribution in [0.3, 0.4) is 0 Å². The minimum absolute atomic E-state index is 0.250. The molecule has 2 aromatic carbocycles. The van der Waals surface area contributed by atoms with Crippen molar-refractivity contribution in [3.8, 4) is 11.1 Å². The van der Waals surface area contributed by atoms with Crippen LogP contribution in [0, 0.1) is 0 Å². The standard InChI is InChI=1S/C15H12N4OS/c16-15-19-18-14(21-15)13(20)17-12-8-6-11(7-9-12)10-4-2-1-3-5-10/h1-9H,(H2,16,19)(H,17,20). The van der Waals surface area contributed by atoms with E-state index in [0.29, 0.717) is 5.69 Å². The first-order valence-corrected chi connectivity index (χ1v) is 7.10. The number of hydrogen-bond donors (Lipinski definition) is 2. The topological polar surface area (TPSA) is 80.9 Å². The Balaban J connectivity index is 1.74. The van der Waals surface area contributed by atoms with Crippen LogP contribution < -0.4 is 11.1 Å². The van der Waals surface area contributed by atoms with Gasteiger partial charge < -0.3 is 11.1 Å². The molecule has 0 aliphatic heterocycles. The number of carbonyl (C=O) groups excluding carboxylic acids is 1. The van der Waals surface area contributed by atoms with Gasteiger partial charge in [0.2, 0.25) is 10.1 Å². The van der Waals surface area contributed by atoms with Gasteiger partial charge in [0.05, 0.1) is 0 Å². The normalized spacial score (nSPS) is 10.3. The monoisotopic (exact) mass is 296 g/mol. The van der Waals surface area contributed by atoms with Gasteiger partial charge in [0.25, 0.3) is 5.91 Å². The Kier molecular flexibility index (Phi) is 3.61. The average Bonchev–Trinajstić information content (AvgIpc) is 2.96. The predicted molar refractivity (Wildman–Crippen MR) is 84.2 cm³/mol. The number of rotatable bonds is 3. The molecule has 0 spiro atoms. The molecule has 0 atom stereocenters. The fraction of sp³-hybridized carbons (Fsp3) is 0. The summed E-state index contributed by atoms with van der Waals surface area (Å²) in [5.41, 5.74) is 8.38. The van der Waals surface area contributed by atoms with Crippen molar-refractivity contribution in [3.63, 3.8) is 0 Å². The Morgan fingerprint density at radius 1 is 0.952 bits per heavy atom. The third kappa shape index (κ3) is 3.06. The average molecular weight is 296 g/mol. The fourth-order valence-corrected chi connectivity index (χ4v) is 2.39. The number of nitrogens with two attached hydrogens (primary N) is 1. The summed E-state index contributed by atoms with van der Waals surface area (Å²) in [5.74, 6) is -0.309. The lowest BCUT2D eigenvalue weighted by atomic mass is 10.1. The Morgan fingerprint density at radius 2 is 1.62 bits per heavy atom. The Morgan fingerprint density at radius 3 is 2.24 bits per heavy atom. The van der Waals surface area contributed by atoms with Crippen molar-refractivity contribution in [1.82, 2.24) is 10.2 Å². The van der Waals surface area contributed by atoms with Gasteiger partial charge in [-0.3, -0.25) is 4.79 Å². The molecule has 0 aliphatic carbocycles. The van der Waals surface area contributed by atoms with Gasteiger partial charge in [-0.05, 0) is 23.3 Å². The molecule has 3 N–H and O–H groups in total. The third-order valence-electron chi connectivity index (χ3n) is 2.88. The number of hydrogen-bond acceptors (Lipinski definition) is 5. The van der Waals surface area contributed by atoms with Crippen molar-refractivity contribution in [1.29, 1.82) is 0 Å². The summed E-state index contributed by atoms with van der Waals surface area (Å²) in [7, 11) is 0. The van der Waals surface area contributed by atoms with Crippen LogP contribution in [0.25, 0.3) is 11.1 Å². The quantitative estimate of drug-likeness (QED) is 0.778. The smallest absolute Gasteiger partial charge is 0.286 e. The lowest BCUT2D eigenvalue weighted by molar-refractivity contribution is 0.102. The van der Waals surface area contributed by atoms with Crippen LogP contribution in [0.5, 0.6) is 0 Å². The third-order valence-corrected chi connectivity index (χ3v) is 3.64. The van der Waals surface area contributed by atoms with Gasteiger partial charge in [-0.15, -0.1) is 10.2 Å². The summed E-state index contributed by atoms with van der Waals surface area (Å²) in [6.45, 7) is 0. The molecule has 0 saturated heterocycles. The van der Waals surface area contributed by atoms with Gasteiger partial charge in [0.1, 0.15) is 0 Å². The number of carbonyl (C=O) groups is 1. The molecule has 0 fully saturated rings. The van der Waals surface area contributed by atoms with E-state index < -0.39 is 0 Å². The molecule has 0 unspecified atom stereocenters. The van der Waals surface area contributed by atoms with E-state index in [-0.39, 0.29) is 16.0 Å². The summed E-state index contributed by atoms with van der Waals surface area (Å²) < 4.78 is 0. The zero-order chi connectivity index (χ0) is 14.7. The van der Waals surface area contributed by atoms with E-state index in [4.69, 9.17) is 5.73 Å². The number of aromatic nitrogens is 2. The Bertz CT molecular complexity index is 753. The molecular weight excluding hydrogens is 284 g/mol. The van der Waals surface area contributed by atoms with E-state index in [2.05, 4.69) is 15.5 Å². The zero-order valence-corrected chi connectivity index (χ0v) is 11.8. The summed E-state index contributed by atoms with van der Waals surface area (Å²) in [6, 6.07) is 17.7. The van der Waals surface area contributed by atoms with E-state index in [1.807, 2.05) is 54.6 Å². The highest BCUT2D eigenvalue weighted by Crippen LogP contribution is 2.21. The van der Waals surface area contributed by atoms with Gasteiger partial charge in [0, 0.05) is 5.69 Å². The van der Waals surface area contributed by atoms with Crippen LogP contribution in [0.2, 0.25) is 0 Å². The second-order valence-corrected chi connectivity index (χ2v) is 5.35. The molecule has 3 aromatic rings. The Hall–Kier alpha value is -2.73. The molecule has 1 aromatic heterocycles. The number of nitrogen functional groups attached to an aromatic ring is 1. The number of amides is 1. The summed E-state index contributed by atoms with van der Waals surface area (Å²) in [6.07, 6.45) is 0. The van der Waals surface area contributed by atoms with Crippen molar-refractivity contribution < 1.29 is 4.79 Å². The van der Waals surface area contributed by atoms with Crippen LogP contribution in [-0.4, -0.2) is 16.1 Å². The van der Waals surface area contributed by atoms with Crippen molar-refractivity contribution >= 4 is 28.1 Å². The van der Waals surface area contributed by atoms with Crippen molar-refractivity contribution in [2.75, 3.05) is 11.1 Å². The molecule has 104 valence electrons. The molecular formula is C15H12N4OS. The van der Waals surface area contributed by atoms with Gasteiger partial charge in [-0.25, -0.2) is 0 Å². The lowest BCUT2D eigenvalue weighted by Gasteiger charge is -2.05. The van der Waals surface area contributed by atoms with Crippen molar-refractivity contribution in [2.45, 2.75) is 0 Å². The second-order valence-electron chi connectivity index (χ2n) is 4.34. The molecule has 0 saturated carbocycles.